The monoisotopic (exact) mass is 341 g/mol. The van der Waals surface area contributed by atoms with Crippen LogP contribution in [0.4, 0.5) is 10.5 Å². The fourth-order valence-corrected chi connectivity index (χ4v) is 2.64. The molecule has 0 radical (unpaired) electrons. The Bertz CT molecular complexity index is 677. The highest BCUT2D eigenvalue weighted by Gasteiger charge is 2.18. The first-order valence-corrected chi connectivity index (χ1v) is 8.61. The number of aromatic nitrogens is 2. The number of likely N-dealkylation sites (N-methyl/N-ethyl adjacent to an activating group) is 1. The summed E-state index contributed by atoms with van der Waals surface area (Å²) < 4.78 is 0. The SMILES string of the molecule is CCN(CCNC(=O)N(C)[C@@H](C)c1ccncn1)c1cccc(C)c1. The Labute approximate surface area is 149 Å². The van der Waals surface area contributed by atoms with E-state index in [2.05, 4.69) is 58.3 Å². The summed E-state index contributed by atoms with van der Waals surface area (Å²) in [6.07, 6.45) is 3.18. The number of nitrogens with one attached hydrogen (secondary N) is 1. The number of benzene rings is 1. The normalized spacial score (nSPS) is 11.7. The lowest BCUT2D eigenvalue weighted by Crippen LogP contribution is -2.42. The summed E-state index contributed by atoms with van der Waals surface area (Å²) >= 11 is 0. The van der Waals surface area contributed by atoms with E-state index in [0.717, 1.165) is 18.8 Å². The van der Waals surface area contributed by atoms with E-state index in [1.165, 1.54) is 17.6 Å². The first kappa shape index (κ1) is 18.7. The van der Waals surface area contributed by atoms with Gasteiger partial charge in [0.2, 0.25) is 0 Å². The predicted octanol–water partition coefficient (Wildman–Crippen LogP) is 3.01. The molecule has 0 saturated heterocycles. The Morgan fingerprint density at radius 3 is 2.76 bits per heavy atom. The number of hydrogen-bond acceptors (Lipinski definition) is 4. The van der Waals surface area contributed by atoms with Crippen molar-refractivity contribution >= 4 is 11.7 Å². The zero-order valence-electron chi connectivity index (χ0n) is 15.4. The molecule has 2 rings (SSSR count). The lowest BCUT2D eigenvalue weighted by molar-refractivity contribution is 0.193. The van der Waals surface area contributed by atoms with Gasteiger partial charge in [0, 0.05) is 38.6 Å². The molecule has 1 aromatic carbocycles. The lowest BCUT2D eigenvalue weighted by atomic mass is 10.2. The Kier molecular flexibility index (Phi) is 6.74. The molecule has 0 aliphatic carbocycles. The number of nitrogens with zero attached hydrogens (tertiary/aromatic N) is 4. The van der Waals surface area contributed by atoms with E-state index in [0.29, 0.717) is 6.54 Å². The van der Waals surface area contributed by atoms with E-state index in [1.54, 1.807) is 18.1 Å². The number of amides is 2. The van der Waals surface area contributed by atoms with E-state index in [-0.39, 0.29) is 12.1 Å². The van der Waals surface area contributed by atoms with Gasteiger partial charge < -0.3 is 15.1 Å². The van der Waals surface area contributed by atoms with Gasteiger partial charge in [-0.1, -0.05) is 12.1 Å². The molecule has 25 heavy (non-hydrogen) atoms. The smallest absolute Gasteiger partial charge is 0.317 e. The minimum absolute atomic E-state index is 0.105. The molecule has 0 fully saturated rings. The summed E-state index contributed by atoms with van der Waals surface area (Å²) in [5.41, 5.74) is 3.24. The quantitative estimate of drug-likeness (QED) is 0.841. The molecule has 2 amide bonds. The molecule has 1 atom stereocenters. The molecular weight excluding hydrogens is 314 g/mol. The third-order valence-electron chi connectivity index (χ3n) is 4.34. The van der Waals surface area contributed by atoms with Crippen LogP contribution in [0.3, 0.4) is 0 Å². The molecule has 0 bridgehead atoms. The van der Waals surface area contributed by atoms with Crippen LogP contribution < -0.4 is 10.2 Å². The summed E-state index contributed by atoms with van der Waals surface area (Å²) in [5, 5.41) is 2.98. The number of aryl methyl sites for hydroxylation is 1. The summed E-state index contributed by atoms with van der Waals surface area (Å²) in [7, 11) is 1.78. The Morgan fingerprint density at radius 1 is 1.32 bits per heavy atom. The first-order chi connectivity index (χ1) is 12.0. The van der Waals surface area contributed by atoms with Gasteiger partial charge in [-0.2, -0.15) is 0 Å². The van der Waals surface area contributed by atoms with E-state index in [1.807, 2.05) is 13.0 Å². The molecule has 1 heterocycles. The summed E-state index contributed by atoms with van der Waals surface area (Å²) in [6.45, 7) is 8.40. The number of rotatable bonds is 7. The topological polar surface area (TPSA) is 61.4 Å². The van der Waals surface area contributed by atoms with E-state index in [9.17, 15) is 4.79 Å². The van der Waals surface area contributed by atoms with E-state index in [4.69, 9.17) is 0 Å². The zero-order chi connectivity index (χ0) is 18.2. The largest absolute Gasteiger partial charge is 0.370 e. The van der Waals surface area contributed by atoms with Crippen LogP contribution in [0.5, 0.6) is 0 Å². The Balaban J connectivity index is 1.86. The molecule has 6 heteroatoms. The number of hydrogen-bond donors (Lipinski definition) is 1. The molecule has 1 aromatic heterocycles. The highest BCUT2D eigenvalue weighted by atomic mass is 16.2. The van der Waals surface area contributed by atoms with E-state index < -0.39 is 0 Å². The van der Waals surface area contributed by atoms with Crippen LogP contribution in [-0.4, -0.2) is 47.6 Å². The van der Waals surface area contributed by atoms with Crippen LogP contribution in [-0.2, 0) is 0 Å². The minimum Gasteiger partial charge on any atom is -0.370 e. The van der Waals surface area contributed by atoms with Gasteiger partial charge >= 0.3 is 6.03 Å². The Hall–Kier alpha value is -2.63. The molecule has 0 aliphatic rings. The average Bonchev–Trinajstić information content (AvgIpc) is 2.64. The maximum absolute atomic E-state index is 12.4. The predicted molar refractivity (Wildman–Crippen MR) is 101 cm³/mol. The van der Waals surface area contributed by atoms with Gasteiger partial charge in [-0.15, -0.1) is 0 Å². The van der Waals surface area contributed by atoms with Crippen LogP contribution in [0.1, 0.15) is 31.1 Å². The second kappa shape index (κ2) is 9.01. The second-order valence-corrected chi connectivity index (χ2v) is 6.07. The van der Waals surface area contributed by atoms with Crippen LogP contribution >= 0.6 is 0 Å². The third kappa shape index (κ3) is 5.17. The Morgan fingerprint density at radius 2 is 2.12 bits per heavy atom. The van der Waals surface area contributed by atoms with E-state index >= 15 is 0 Å². The fraction of sp³-hybridized carbons (Fsp3) is 0.421. The van der Waals surface area contributed by atoms with Crippen molar-refractivity contribution in [3.8, 4) is 0 Å². The molecule has 0 saturated carbocycles. The van der Waals surface area contributed by atoms with Crippen molar-refractivity contribution < 1.29 is 4.79 Å². The fourth-order valence-electron chi connectivity index (χ4n) is 2.64. The summed E-state index contributed by atoms with van der Waals surface area (Å²) in [6, 6.07) is 10.0. The van der Waals surface area contributed by atoms with Crippen molar-refractivity contribution in [2.45, 2.75) is 26.8 Å². The second-order valence-electron chi connectivity index (χ2n) is 6.07. The van der Waals surface area contributed by atoms with Gasteiger partial charge in [0.1, 0.15) is 6.33 Å². The number of carbonyl (C=O) groups excluding carboxylic acids is 1. The van der Waals surface area contributed by atoms with Gasteiger partial charge in [0.05, 0.1) is 11.7 Å². The van der Waals surface area contributed by atoms with Gasteiger partial charge in [0.15, 0.2) is 0 Å². The van der Waals surface area contributed by atoms with Crippen LogP contribution in [0, 0.1) is 6.92 Å². The minimum atomic E-state index is -0.109. The molecule has 134 valence electrons. The highest BCUT2D eigenvalue weighted by molar-refractivity contribution is 5.74. The van der Waals surface area contributed by atoms with Crippen molar-refractivity contribution in [1.29, 1.82) is 0 Å². The standard InChI is InChI=1S/C19H27N5O/c1-5-24(17-8-6-7-15(2)13-17)12-11-21-19(25)23(4)16(3)18-9-10-20-14-22-18/h6-10,13-14,16H,5,11-12H2,1-4H3,(H,21,25)/t16-/m0/s1. The maximum Gasteiger partial charge on any atom is 0.317 e. The molecule has 1 N–H and O–H groups in total. The summed E-state index contributed by atoms with van der Waals surface area (Å²) in [4.78, 5) is 24.4. The molecule has 0 aliphatic heterocycles. The molecule has 0 spiro atoms. The van der Waals surface area contributed by atoms with Crippen molar-refractivity contribution in [1.82, 2.24) is 20.2 Å². The molecular formula is C19H27N5O. The third-order valence-corrected chi connectivity index (χ3v) is 4.34. The van der Waals surface area contributed by atoms with Crippen molar-refractivity contribution in [3.05, 3.63) is 54.1 Å². The van der Waals surface area contributed by atoms with Crippen molar-refractivity contribution in [2.75, 3.05) is 31.6 Å². The lowest BCUT2D eigenvalue weighted by Gasteiger charge is -2.27. The van der Waals surface area contributed by atoms with Crippen LogP contribution in [0.2, 0.25) is 0 Å². The molecule has 6 nitrogen and oxygen atoms in total. The number of urea groups is 1. The number of carbonyl (C=O) groups is 1. The zero-order valence-corrected chi connectivity index (χ0v) is 15.4. The average molecular weight is 341 g/mol. The maximum atomic E-state index is 12.4. The van der Waals surface area contributed by atoms with Crippen LogP contribution in [0.25, 0.3) is 0 Å². The van der Waals surface area contributed by atoms with Gasteiger partial charge in [-0.3, -0.25) is 0 Å². The molecule has 0 unspecified atom stereocenters. The highest BCUT2D eigenvalue weighted by Crippen LogP contribution is 2.16. The van der Waals surface area contributed by atoms with Crippen molar-refractivity contribution in [2.24, 2.45) is 0 Å². The number of anilines is 1. The summed E-state index contributed by atoms with van der Waals surface area (Å²) in [5.74, 6) is 0. The molecule has 2 aromatic rings. The van der Waals surface area contributed by atoms with Gasteiger partial charge in [-0.05, 0) is 44.5 Å². The first-order valence-electron chi connectivity index (χ1n) is 8.61. The van der Waals surface area contributed by atoms with Gasteiger partial charge in [0.25, 0.3) is 0 Å². The van der Waals surface area contributed by atoms with Gasteiger partial charge in [-0.25, -0.2) is 14.8 Å². The van der Waals surface area contributed by atoms with Crippen molar-refractivity contribution in [3.63, 3.8) is 0 Å². The van der Waals surface area contributed by atoms with Crippen LogP contribution in [0.15, 0.2) is 42.9 Å².